The second-order valence-electron chi connectivity index (χ2n) is 10.3. The van der Waals surface area contributed by atoms with Crippen LogP contribution in [0.3, 0.4) is 0 Å². The third-order valence-electron chi connectivity index (χ3n) is 7.77. The maximum absolute atomic E-state index is 6.30. The Morgan fingerprint density at radius 3 is 2.38 bits per heavy atom. The highest BCUT2D eigenvalue weighted by Gasteiger charge is 2.42. The number of aromatic nitrogens is 4. The first-order valence-electron chi connectivity index (χ1n) is 13.9. The number of fused-ring (bicyclic) bond motifs is 1. The molecule has 7 nitrogen and oxygen atoms in total. The van der Waals surface area contributed by atoms with E-state index in [1.807, 2.05) is 56.3 Å². The molecule has 5 aromatic rings. The Labute approximate surface area is 229 Å². The fraction of sp³-hybridized carbons (Fsp3) is 0.281. The van der Waals surface area contributed by atoms with Gasteiger partial charge in [0.25, 0.3) is 0 Å². The third-order valence-corrected chi connectivity index (χ3v) is 7.77. The van der Waals surface area contributed by atoms with Crippen molar-refractivity contribution in [2.45, 2.75) is 26.8 Å². The standard InChI is InChI=1S/C30H29N7.C2H6/c31-27-24(7-4-15-33-27)28-35-26-13-12-25(22-5-2-1-3-6-22)34-29(26)37(28)23-10-8-21(9-11-23)17-36-16-14-30(20-36)18-32-19-30;1-2/h1-13,15,32H,14,16-20H2,(H2,31,33);1-2H3. The molecule has 0 aliphatic carbocycles. The number of pyridine rings is 2. The van der Waals surface area contributed by atoms with E-state index in [4.69, 9.17) is 15.7 Å². The molecule has 39 heavy (non-hydrogen) atoms. The van der Waals surface area contributed by atoms with Gasteiger partial charge in [0.05, 0.1) is 11.3 Å². The molecule has 198 valence electrons. The van der Waals surface area contributed by atoms with Gasteiger partial charge in [-0.1, -0.05) is 56.3 Å². The van der Waals surface area contributed by atoms with E-state index in [9.17, 15) is 0 Å². The lowest BCUT2D eigenvalue weighted by Gasteiger charge is -2.39. The van der Waals surface area contributed by atoms with Gasteiger partial charge in [-0.3, -0.25) is 9.47 Å². The number of nitrogens with zero attached hydrogens (tertiary/aromatic N) is 5. The van der Waals surface area contributed by atoms with Crippen molar-refractivity contribution in [1.29, 1.82) is 0 Å². The summed E-state index contributed by atoms with van der Waals surface area (Å²) in [5.74, 6) is 1.19. The molecule has 3 aromatic heterocycles. The summed E-state index contributed by atoms with van der Waals surface area (Å²) in [5, 5.41) is 3.45. The molecule has 0 atom stereocenters. The van der Waals surface area contributed by atoms with Crippen molar-refractivity contribution in [1.82, 2.24) is 29.7 Å². The Balaban J connectivity index is 0.00000135. The van der Waals surface area contributed by atoms with Gasteiger partial charge < -0.3 is 11.1 Å². The quantitative estimate of drug-likeness (QED) is 0.318. The van der Waals surface area contributed by atoms with E-state index in [1.54, 1.807) is 6.20 Å². The van der Waals surface area contributed by atoms with Crippen LogP contribution in [0.15, 0.2) is 85.1 Å². The minimum absolute atomic E-state index is 0.451. The zero-order chi connectivity index (χ0) is 26.8. The number of hydrogen-bond acceptors (Lipinski definition) is 6. The molecule has 7 heteroatoms. The Morgan fingerprint density at radius 1 is 0.897 bits per heavy atom. The number of anilines is 1. The van der Waals surface area contributed by atoms with Crippen molar-refractivity contribution < 1.29 is 0 Å². The topological polar surface area (TPSA) is 84.9 Å². The zero-order valence-electron chi connectivity index (χ0n) is 22.6. The summed E-state index contributed by atoms with van der Waals surface area (Å²) in [6.45, 7) is 9.66. The van der Waals surface area contributed by atoms with Crippen LogP contribution in [-0.2, 0) is 6.54 Å². The smallest absolute Gasteiger partial charge is 0.165 e. The Hall–Kier alpha value is -4.07. The molecule has 2 aliphatic heterocycles. The highest BCUT2D eigenvalue weighted by molar-refractivity contribution is 5.84. The van der Waals surface area contributed by atoms with E-state index in [0.717, 1.165) is 59.1 Å². The number of benzene rings is 2. The van der Waals surface area contributed by atoms with Crippen molar-refractivity contribution in [3.63, 3.8) is 0 Å². The molecule has 0 bridgehead atoms. The molecule has 2 fully saturated rings. The van der Waals surface area contributed by atoms with Crippen LogP contribution in [-0.4, -0.2) is 50.6 Å². The molecule has 2 aromatic carbocycles. The summed E-state index contributed by atoms with van der Waals surface area (Å²) in [6.07, 6.45) is 3.00. The van der Waals surface area contributed by atoms with Crippen LogP contribution in [0.4, 0.5) is 5.82 Å². The van der Waals surface area contributed by atoms with E-state index < -0.39 is 0 Å². The first-order valence-corrected chi connectivity index (χ1v) is 13.9. The van der Waals surface area contributed by atoms with Gasteiger partial charge in [-0.2, -0.15) is 0 Å². The van der Waals surface area contributed by atoms with E-state index in [2.05, 4.69) is 56.2 Å². The lowest BCUT2D eigenvalue weighted by molar-refractivity contribution is 0.167. The zero-order valence-corrected chi connectivity index (χ0v) is 22.6. The molecule has 0 unspecified atom stereocenters. The summed E-state index contributed by atoms with van der Waals surface area (Å²) < 4.78 is 2.10. The Kier molecular flexibility index (Phi) is 6.85. The fourth-order valence-electron chi connectivity index (χ4n) is 5.70. The van der Waals surface area contributed by atoms with Gasteiger partial charge >= 0.3 is 0 Å². The number of nitrogen functional groups attached to an aromatic ring is 1. The molecule has 5 heterocycles. The number of hydrogen-bond donors (Lipinski definition) is 2. The Morgan fingerprint density at radius 2 is 1.69 bits per heavy atom. The minimum atomic E-state index is 0.451. The first-order chi connectivity index (χ1) is 19.2. The maximum Gasteiger partial charge on any atom is 0.165 e. The lowest BCUT2D eigenvalue weighted by atomic mass is 9.81. The van der Waals surface area contributed by atoms with Gasteiger partial charge in [-0.15, -0.1) is 0 Å². The van der Waals surface area contributed by atoms with Crippen molar-refractivity contribution in [2.24, 2.45) is 5.41 Å². The summed E-state index contributed by atoms with van der Waals surface area (Å²) in [6, 6.07) is 26.9. The lowest BCUT2D eigenvalue weighted by Crippen LogP contribution is -2.54. The molecule has 7 rings (SSSR count). The Bertz CT molecular complexity index is 1570. The van der Waals surface area contributed by atoms with E-state index >= 15 is 0 Å². The van der Waals surface area contributed by atoms with Gasteiger partial charge in [-0.25, -0.2) is 15.0 Å². The second kappa shape index (κ2) is 10.6. The number of rotatable bonds is 5. The van der Waals surface area contributed by atoms with Crippen LogP contribution in [0.5, 0.6) is 0 Å². The average Bonchev–Trinajstić information content (AvgIpc) is 3.57. The van der Waals surface area contributed by atoms with E-state index in [1.165, 1.54) is 25.1 Å². The summed E-state index contributed by atoms with van der Waals surface area (Å²) >= 11 is 0. The molecule has 0 amide bonds. The van der Waals surface area contributed by atoms with E-state index in [-0.39, 0.29) is 0 Å². The van der Waals surface area contributed by atoms with Gasteiger partial charge in [0.2, 0.25) is 0 Å². The monoisotopic (exact) mass is 517 g/mol. The predicted octanol–water partition coefficient (Wildman–Crippen LogP) is 5.55. The van der Waals surface area contributed by atoms with Crippen molar-refractivity contribution in [3.05, 3.63) is 90.6 Å². The molecule has 2 aliphatic rings. The van der Waals surface area contributed by atoms with Crippen molar-refractivity contribution in [2.75, 3.05) is 31.9 Å². The third kappa shape index (κ3) is 4.80. The fourth-order valence-corrected chi connectivity index (χ4v) is 5.70. The summed E-state index contributed by atoms with van der Waals surface area (Å²) in [4.78, 5) is 16.9. The first kappa shape index (κ1) is 25.2. The van der Waals surface area contributed by atoms with Crippen molar-refractivity contribution in [3.8, 4) is 28.3 Å². The largest absolute Gasteiger partial charge is 0.383 e. The van der Waals surface area contributed by atoms with Gasteiger partial charge in [0, 0.05) is 49.0 Å². The molecular formula is C32H35N7. The molecular weight excluding hydrogens is 482 g/mol. The molecule has 1 spiro atoms. The molecule has 2 saturated heterocycles. The SMILES string of the molecule is CC.Nc1ncccc1-c1nc2ccc(-c3ccccc3)nc2n1-c1ccc(CN2CCC3(CNC3)C2)cc1. The van der Waals surface area contributed by atoms with Crippen molar-refractivity contribution >= 4 is 17.0 Å². The number of nitrogens with one attached hydrogen (secondary N) is 1. The maximum atomic E-state index is 6.30. The van der Waals surface area contributed by atoms with Gasteiger partial charge in [0.15, 0.2) is 11.5 Å². The highest BCUT2D eigenvalue weighted by atomic mass is 15.2. The number of likely N-dealkylation sites (tertiary alicyclic amines) is 1. The minimum Gasteiger partial charge on any atom is -0.383 e. The molecule has 0 saturated carbocycles. The van der Waals surface area contributed by atoms with E-state index in [0.29, 0.717) is 11.2 Å². The van der Waals surface area contributed by atoms with Crippen LogP contribution in [0.2, 0.25) is 0 Å². The predicted molar refractivity (Wildman–Crippen MR) is 158 cm³/mol. The van der Waals surface area contributed by atoms with Gasteiger partial charge in [0.1, 0.15) is 11.3 Å². The number of imidazole rings is 1. The van der Waals surface area contributed by atoms with Crippen LogP contribution < -0.4 is 11.1 Å². The summed E-state index contributed by atoms with van der Waals surface area (Å²) in [7, 11) is 0. The molecule has 3 N–H and O–H groups in total. The van der Waals surface area contributed by atoms with Crippen LogP contribution in [0.25, 0.3) is 39.5 Å². The second-order valence-corrected chi connectivity index (χ2v) is 10.3. The van der Waals surface area contributed by atoms with Crippen LogP contribution in [0.1, 0.15) is 25.8 Å². The highest BCUT2D eigenvalue weighted by Crippen LogP contribution is 2.35. The van der Waals surface area contributed by atoms with Gasteiger partial charge in [-0.05, 0) is 54.9 Å². The normalized spacial score (nSPS) is 16.2. The molecule has 0 radical (unpaired) electrons. The number of nitrogens with two attached hydrogens (primary N) is 1. The van der Waals surface area contributed by atoms with Crippen LogP contribution >= 0.6 is 0 Å². The van der Waals surface area contributed by atoms with Crippen LogP contribution in [0, 0.1) is 5.41 Å². The average molecular weight is 518 g/mol. The summed E-state index contributed by atoms with van der Waals surface area (Å²) in [5.41, 5.74) is 13.5.